The second-order valence-electron chi connectivity index (χ2n) is 6.72. The van der Waals surface area contributed by atoms with E-state index in [2.05, 4.69) is 50.4 Å². The molecule has 1 N–H and O–H groups in total. The summed E-state index contributed by atoms with van der Waals surface area (Å²) in [5, 5.41) is 2.73. The number of thioether (sulfide) groups is 1. The molecule has 0 aromatic heterocycles. The fourth-order valence-electron chi connectivity index (χ4n) is 2.27. The number of carbonyl (C=O) groups is 1. The standard InChI is InChI=1S/C20H25NO2S/c1-14(19(22)21-17-8-6-7-9-18(17)23-5)24-16-12-10-15(11-13-16)20(2,3)4/h6-14H,1-5H3,(H,21,22)/t14-/m0/s1. The molecule has 0 spiro atoms. The Morgan fingerprint density at radius 3 is 2.29 bits per heavy atom. The summed E-state index contributed by atoms with van der Waals surface area (Å²) in [5.41, 5.74) is 2.12. The first-order chi connectivity index (χ1) is 11.3. The van der Waals surface area contributed by atoms with Crippen molar-refractivity contribution in [1.29, 1.82) is 0 Å². The van der Waals surface area contributed by atoms with Gasteiger partial charge in [0.2, 0.25) is 5.91 Å². The molecule has 0 aliphatic rings. The SMILES string of the molecule is COc1ccccc1NC(=O)[C@H](C)Sc1ccc(C(C)(C)C)cc1. The third kappa shape index (κ3) is 4.78. The summed E-state index contributed by atoms with van der Waals surface area (Å²) in [6.45, 7) is 8.49. The topological polar surface area (TPSA) is 38.3 Å². The molecular weight excluding hydrogens is 318 g/mol. The van der Waals surface area contributed by atoms with E-state index in [4.69, 9.17) is 4.74 Å². The predicted octanol–water partition coefficient (Wildman–Crippen LogP) is 5.11. The second-order valence-corrected chi connectivity index (χ2v) is 8.14. The molecular formula is C20H25NO2S. The maximum Gasteiger partial charge on any atom is 0.237 e. The minimum atomic E-state index is -0.199. The molecule has 0 saturated heterocycles. The number of amides is 1. The molecule has 4 heteroatoms. The van der Waals surface area contributed by atoms with E-state index < -0.39 is 0 Å². The van der Waals surface area contributed by atoms with Crippen molar-refractivity contribution < 1.29 is 9.53 Å². The highest BCUT2D eigenvalue weighted by Gasteiger charge is 2.17. The van der Waals surface area contributed by atoms with E-state index >= 15 is 0 Å². The minimum Gasteiger partial charge on any atom is -0.495 e. The van der Waals surface area contributed by atoms with Gasteiger partial charge < -0.3 is 10.1 Å². The number of hydrogen-bond donors (Lipinski definition) is 1. The van der Waals surface area contributed by atoms with Crippen LogP contribution in [-0.4, -0.2) is 18.3 Å². The molecule has 2 aromatic rings. The Labute approximate surface area is 148 Å². The van der Waals surface area contributed by atoms with E-state index in [1.54, 1.807) is 18.9 Å². The van der Waals surface area contributed by atoms with Crippen LogP contribution in [0.5, 0.6) is 5.75 Å². The van der Waals surface area contributed by atoms with Crippen LogP contribution in [-0.2, 0) is 10.2 Å². The molecule has 3 nitrogen and oxygen atoms in total. The molecule has 128 valence electrons. The van der Waals surface area contributed by atoms with Crippen LogP contribution in [0.2, 0.25) is 0 Å². The van der Waals surface area contributed by atoms with Gasteiger partial charge in [-0.05, 0) is 42.2 Å². The normalized spacial score (nSPS) is 12.5. The highest BCUT2D eigenvalue weighted by atomic mass is 32.2. The number of benzene rings is 2. The van der Waals surface area contributed by atoms with E-state index in [0.29, 0.717) is 11.4 Å². The largest absolute Gasteiger partial charge is 0.495 e. The number of para-hydroxylation sites is 2. The Hall–Kier alpha value is -1.94. The number of nitrogens with one attached hydrogen (secondary N) is 1. The minimum absolute atomic E-state index is 0.0376. The lowest BCUT2D eigenvalue weighted by Gasteiger charge is -2.19. The molecule has 24 heavy (non-hydrogen) atoms. The smallest absolute Gasteiger partial charge is 0.237 e. The van der Waals surface area contributed by atoms with E-state index in [1.807, 2.05) is 31.2 Å². The average molecular weight is 343 g/mol. The molecule has 0 aliphatic heterocycles. The molecule has 0 heterocycles. The van der Waals surface area contributed by atoms with Gasteiger partial charge in [-0.15, -0.1) is 11.8 Å². The third-order valence-corrected chi connectivity index (χ3v) is 4.88. The molecule has 2 aromatic carbocycles. The van der Waals surface area contributed by atoms with Crippen molar-refractivity contribution in [2.45, 2.75) is 43.3 Å². The number of methoxy groups -OCH3 is 1. The van der Waals surface area contributed by atoms with Crippen molar-refractivity contribution >= 4 is 23.4 Å². The fraction of sp³-hybridized carbons (Fsp3) is 0.350. The van der Waals surface area contributed by atoms with Crippen LogP contribution in [0.4, 0.5) is 5.69 Å². The number of ether oxygens (including phenoxy) is 1. The van der Waals surface area contributed by atoms with Crippen LogP contribution in [0.1, 0.15) is 33.3 Å². The Kier molecular flexibility index (Phi) is 5.94. The lowest BCUT2D eigenvalue weighted by Crippen LogP contribution is -2.22. The van der Waals surface area contributed by atoms with Crippen molar-refractivity contribution in [1.82, 2.24) is 0 Å². The Balaban J connectivity index is 2.01. The Bertz CT molecular complexity index is 690. The second kappa shape index (κ2) is 7.75. The van der Waals surface area contributed by atoms with Gasteiger partial charge in [0, 0.05) is 4.90 Å². The van der Waals surface area contributed by atoms with E-state index in [0.717, 1.165) is 4.90 Å². The maximum atomic E-state index is 12.4. The molecule has 0 saturated carbocycles. The fourth-order valence-corrected chi connectivity index (χ4v) is 3.14. The monoisotopic (exact) mass is 343 g/mol. The predicted molar refractivity (Wildman–Crippen MR) is 102 cm³/mol. The summed E-state index contributed by atoms with van der Waals surface area (Å²) >= 11 is 1.55. The zero-order valence-corrected chi connectivity index (χ0v) is 15.7. The van der Waals surface area contributed by atoms with Crippen LogP contribution >= 0.6 is 11.8 Å². The molecule has 1 amide bonds. The van der Waals surface area contributed by atoms with Gasteiger partial charge in [0.05, 0.1) is 18.0 Å². The number of rotatable bonds is 5. The molecule has 0 unspecified atom stereocenters. The van der Waals surface area contributed by atoms with Crippen molar-refractivity contribution in [3.8, 4) is 5.75 Å². The molecule has 0 aliphatic carbocycles. The lowest BCUT2D eigenvalue weighted by atomic mass is 9.87. The summed E-state index contributed by atoms with van der Waals surface area (Å²) in [7, 11) is 1.60. The molecule has 0 radical (unpaired) electrons. The van der Waals surface area contributed by atoms with E-state index in [-0.39, 0.29) is 16.6 Å². The summed E-state index contributed by atoms with van der Waals surface area (Å²) in [5.74, 6) is 0.627. The lowest BCUT2D eigenvalue weighted by molar-refractivity contribution is -0.115. The first kappa shape index (κ1) is 18.4. The van der Waals surface area contributed by atoms with Gasteiger partial charge in [-0.25, -0.2) is 0 Å². The van der Waals surface area contributed by atoms with Crippen molar-refractivity contribution in [2.75, 3.05) is 12.4 Å². The van der Waals surface area contributed by atoms with Gasteiger partial charge in [0.1, 0.15) is 5.75 Å². The first-order valence-corrected chi connectivity index (χ1v) is 8.90. The van der Waals surface area contributed by atoms with Crippen molar-refractivity contribution in [3.63, 3.8) is 0 Å². The number of carbonyl (C=O) groups excluding carboxylic acids is 1. The van der Waals surface area contributed by atoms with Crippen LogP contribution in [0.25, 0.3) is 0 Å². The average Bonchev–Trinajstić information content (AvgIpc) is 2.55. The highest BCUT2D eigenvalue weighted by Crippen LogP contribution is 2.29. The summed E-state index contributed by atoms with van der Waals surface area (Å²) < 4.78 is 5.27. The zero-order chi connectivity index (χ0) is 17.7. The van der Waals surface area contributed by atoms with Gasteiger partial charge in [0.15, 0.2) is 0 Å². The number of hydrogen-bond acceptors (Lipinski definition) is 3. The van der Waals surface area contributed by atoms with Gasteiger partial charge in [-0.2, -0.15) is 0 Å². The molecule has 2 rings (SSSR count). The summed E-state index contributed by atoms with van der Waals surface area (Å²) in [6, 6.07) is 15.9. The zero-order valence-electron chi connectivity index (χ0n) is 14.9. The molecule has 0 bridgehead atoms. The van der Waals surface area contributed by atoms with Crippen molar-refractivity contribution in [2.24, 2.45) is 0 Å². The van der Waals surface area contributed by atoms with Crippen LogP contribution < -0.4 is 10.1 Å². The van der Waals surface area contributed by atoms with Gasteiger partial charge in [-0.3, -0.25) is 4.79 Å². The highest BCUT2D eigenvalue weighted by molar-refractivity contribution is 8.00. The van der Waals surface area contributed by atoms with E-state index in [9.17, 15) is 4.79 Å². The van der Waals surface area contributed by atoms with Gasteiger partial charge in [-0.1, -0.05) is 45.0 Å². The van der Waals surface area contributed by atoms with E-state index in [1.165, 1.54) is 5.56 Å². The Morgan fingerprint density at radius 1 is 1.08 bits per heavy atom. The van der Waals surface area contributed by atoms with Gasteiger partial charge in [0.25, 0.3) is 0 Å². The first-order valence-electron chi connectivity index (χ1n) is 8.02. The van der Waals surface area contributed by atoms with Crippen LogP contribution in [0, 0.1) is 0 Å². The third-order valence-electron chi connectivity index (χ3n) is 3.77. The number of anilines is 1. The summed E-state index contributed by atoms with van der Waals surface area (Å²) in [4.78, 5) is 13.5. The van der Waals surface area contributed by atoms with Crippen LogP contribution in [0.15, 0.2) is 53.4 Å². The van der Waals surface area contributed by atoms with Crippen LogP contribution in [0.3, 0.4) is 0 Å². The Morgan fingerprint density at radius 2 is 1.71 bits per heavy atom. The summed E-state index contributed by atoms with van der Waals surface area (Å²) in [6.07, 6.45) is 0. The maximum absolute atomic E-state index is 12.4. The molecule has 0 fully saturated rings. The quantitative estimate of drug-likeness (QED) is 0.767. The van der Waals surface area contributed by atoms with Gasteiger partial charge >= 0.3 is 0 Å². The van der Waals surface area contributed by atoms with Crippen molar-refractivity contribution in [3.05, 3.63) is 54.1 Å². The molecule has 1 atom stereocenters.